The predicted octanol–water partition coefficient (Wildman–Crippen LogP) is 5.53. The molecule has 0 aliphatic heterocycles. The van der Waals surface area contributed by atoms with Gasteiger partial charge in [-0.15, -0.1) is 0 Å². The standard InChI is InChI=1S/C31H38N2O3/c1-5-32-31(35)29(21-25-10-7-6-8-11-25)33(22-26-12-9-13-28(20-26)36-4)30(34)19-16-24-14-17-27(18-15-24)23(2)3/h6-15,17-18,20,23,29H,5,16,19,21-22H2,1-4H3,(H,32,35). The van der Waals surface area contributed by atoms with Gasteiger partial charge in [-0.25, -0.2) is 0 Å². The average molecular weight is 487 g/mol. The van der Waals surface area contributed by atoms with Gasteiger partial charge in [0.1, 0.15) is 11.8 Å². The fraction of sp³-hybridized carbons (Fsp3) is 0.355. The highest BCUT2D eigenvalue weighted by molar-refractivity contribution is 5.88. The van der Waals surface area contributed by atoms with Crippen LogP contribution >= 0.6 is 0 Å². The molecule has 190 valence electrons. The third kappa shape index (κ3) is 7.70. The van der Waals surface area contributed by atoms with Crippen molar-refractivity contribution in [3.8, 4) is 5.75 Å². The van der Waals surface area contributed by atoms with Crippen LogP contribution in [0.1, 0.15) is 55.4 Å². The molecule has 0 heterocycles. The van der Waals surface area contributed by atoms with E-state index in [0.717, 1.165) is 22.4 Å². The van der Waals surface area contributed by atoms with E-state index in [2.05, 4.69) is 43.4 Å². The smallest absolute Gasteiger partial charge is 0.243 e. The van der Waals surface area contributed by atoms with Crippen LogP contribution in [0, 0.1) is 0 Å². The van der Waals surface area contributed by atoms with E-state index in [1.165, 1.54) is 5.56 Å². The van der Waals surface area contributed by atoms with Gasteiger partial charge in [-0.05, 0) is 53.6 Å². The number of rotatable bonds is 12. The fourth-order valence-corrected chi connectivity index (χ4v) is 4.28. The van der Waals surface area contributed by atoms with Gasteiger partial charge in [-0.3, -0.25) is 9.59 Å². The first-order valence-corrected chi connectivity index (χ1v) is 12.7. The summed E-state index contributed by atoms with van der Waals surface area (Å²) in [5, 5.41) is 2.94. The molecule has 0 bridgehead atoms. The lowest BCUT2D eigenvalue weighted by molar-refractivity contribution is -0.141. The molecule has 1 N–H and O–H groups in total. The first kappa shape index (κ1) is 27.0. The number of ether oxygens (including phenoxy) is 1. The predicted molar refractivity (Wildman–Crippen MR) is 145 cm³/mol. The zero-order valence-corrected chi connectivity index (χ0v) is 21.9. The van der Waals surface area contributed by atoms with Crippen molar-refractivity contribution in [3.05, 3.63) is 101 Å². The van der Waals surface area contributed by atoms with Gasteiger partial charge >= 0.3 is 0 Å². The van der Waals surface area contributed by atoms with Crippen molar-refractivity contribution in [2.75, 3.05) is 13.7 Å². The fourth-order valence-electron chi connectivity index (χ4n) is 4.28. The second-order valence-corrected chi connectivity index (χ2v) is 9.37. The third-order valence-corrected chi connectivity index (χ3v) is 6.38. The summed E-state index contributed by atoms with van der Waals surface area (Å²) in [6, 6.07) is 25.4. The molecular formula is C31H38N2O3. The van der Waals surface area contributed by atoms with Gasteiger partial charge < -0.3 is 15.0 Å². The van der Waals surface area contributed by atoms with E-state index < -0.39 is 6.04 Å². The Kier molecular flexibility index (Phi) is 10.1. The molecule has 0 spiro atoms. The Labute approximate surface area is 215 Å². The first-order chi connectivity index (χ1) is 17.4. The minimum Gasteiger partial charge on any atom is -0.497 e. The van der Waals surface area contributed by atoms with Crippen LogP contribution in [0.2, 0.25) is 0 Å². The maximum absolute atomic E-state index is 13.7. The van der Waals surface area contributed by atoms with Crippen LogP contribution in [0.3, 0.4) is 0 Å². The number of methoxy groups -OCH3 is 1. The highest BCUT2D eigenvalue weighted by atomic mass is 16.5. The monoisotopic (exact) mass is 486 g/mol. The first-order valence-electron chi connectivity index (χ1n) is 12.7. The van der Waals surface area contributed by atoms with Crippen LogP contribution in [0.5, 0.6) is 5.75 Å². The lowest BCUT2D eigenvalue weighted by Crippen LogP contribution is -2.50. The highest BCUT2D eigenvalue weighted by Crippen LogP contribution is 2.20. The second-order valence-electron chi connectivity index (χ2n) is 9.37. The zero-order valence-electron chi connectivity index (χ0n) is 21.9. The number of amides is 2. The van der Waals surface area contributed by atoms with Crippen molar-refractivity contribution in [1.82, 2.24) is 10.2 Å². The summed E-state index contributed by atoms with van der Waals surface area (Å²) in [7, 11) is 1.62. The Balaban J connectivity index is 1.87. The van der Waals surface area contributed by atoms with Crippen molar-refractivity contribution < 1.29 is 14.3 Å². The van der Waals surface area contributed by atoms with Crippen LogP contribution in [0.15, 0.2) is 78.9 Å². The van der Waals surface area contributed by atoms with Crippen LogP contribution in [-0.2, 0) is 29.0 Å². The largest absolute Gasteiger partial charge is 0.497 e. The molecule has 1 unspecified atom stereocenters. The minimum absolute atomic E-state index is 0.0436. The molecule has 3 aromatic carbocycles. The van der Waals surface area contributed by atoms with Crippen LogP contribution in [-0.4, -0.2) is 36.4 Å². The molecule has 0 saturated carbocycles. The molecule has 36 heavy (non-hydrogen) atoms. The van der Waals surface area contributed by atoms with Crippen LogP contribution < -0.4 is 10.1 Å². The number of nitrogens with one attached hydrogen (secondary N) is 1. The quantitative estimate of drug-likeness (QED) is 0.366. The Morgan fingerprint density at radius 3 is 2.22 bits per heavy atom. The number of nitrogens with zero attached hydrogens (tertiary/aromatic N) is 1. The summed E-state index contributed by atoms with van der Waals surface area (Å²) < 4.78 is 5.39. The average Bonchev–Trinajstić information content (AvgIpc) is 2.90. The molecule has 1 atom stereocenters. The SMILES string of the molecule is CCNC(=O)C(Cc1ccccc1)N(Cc1cccc(OC)c1)C(=O)CCc1ccc(C(C)C)cc1. The van der Waals surface area contributed by atoms with Gasteiger partial charge in [0.25, 0.3) is 0 Å². The summed E-state index contributed by atoms with van der Waals surface area (Å²) in [5.74, 6) is 1.01. The van der Waals surface area contributed by atoms with Crippen LogP contribution in [0.25, 0.3) is 0 Å². The molecule has 0 fully saturated rings. The van der Waals surface area contributed by atoms with Crippen molar-refractivity contribution in [2.24, 2.45) is 0 Å². The van der Waals surface area contributed by atoms with Crippen molar-refractivity contribution in [2.45, 2.75) is 58.5 Å². The third-order valence-electron chi connectivity index (χ3n) is 6.38. The number of carbonyl (C=O) groups is 2. The number of likely N-dealkylation sites (N-methyl/N-ethyl adjacent to an activating group) is 1. The summed E-state index contributed by atoms with van der Waals surface area (Å²) in [4.78, 5) is 28.7. The summed E-state index contributed by atoms with van der Waals surface area (Å²) in [6.07, 6.45) is 1.40. The van der Waals surface area contributed by atoms with E-state index in [4.69, 9.17) is 4.74 Å². The molecule has 0 aliphatic carbocycles. The topological polar surface area (TPSA) is 58.6 Å². The Bertz CT molecular complexity index is 1110. The van der Waals surface area contributed by atoms with E-state index >= 15 is 0 Å². The van der Waals surface area contributed by atoms with E-state index in [1.54, 1.807) is 12.0 Å². The molecule has 0 aliphatic rings. The van der Waals surface area contributed by atoms with Crippen molar-refractivity contribution in [3.63, 3.8) is 0 Å². The Morgan fingerprint density at radius 2 is 1.58 bits per heavy atom. The van der Waals surface area contributed by atoms with E-state index in [-0.39, 0.29) is 11.8 Å². The van der Waals surface area contributed by atoms with Crippen LogP contribution in [0.4, 0.5) is 0 Å². The normalized spacial score (nSPS) is 11.7. The molecule has 0 saturated heterocycles. The molecule has 3 aromatic rings. The van der Waals surface area contributed by atoms with E-state index in [0.29, 0.717) is 38.3 Å². The van der Waals surface area contributed by atoms with Gasteiger partial charge in [-0.1, -0.05) is 80.6 Å². The molecule has 5 nitrogen and oxygen atoms in total. The van der Waals surface area contributed by atoms with Gasteiger partial charge in [0, 0.05) is 25.9 Å². The molecular weight excluding hydrogens is 448 g/mol. The molecule has 5 heteroatoms. The number of hydrogen-bond acceptors (Lipinski definition) is 3. The molecule has 3 rings (SSSR count). The van der Waals surface area contributed by atoms with Gasteiger partial charge in [-0.2, -0.15) is 0 Å². The van der Waals surface area contributed by atoms with Gasteiger partial charge in [0.2, 0.25) is 11.8 Å². The lowest BCUT2D eigenvalue weighted by atomic mass is 9.99. The Hall–Kier alpha value is -3.60. The second kappa shape index (κ2) is 13.5. The summed E-state index contributed by atoms with van der Waals surface area (Å²) in [6.45, 7) is 7.07. The highest BCUT2D eigenvalue weighted by Gasteiger charge is 2.30. The molecule has 0 radical (unpaired) electrons. The maximum Gasteiger partial charge on any atom is 0.243 e. The van der Waals surface area contributed by atoms with Gasteiger partial charge in [0.05, 0.1) is 7.11 Å². The van der Waals surface area contributed by atoms with Gasteiger partial charge in [0.15, 0.2) is 0 Å². The van der Waals surface area contributed by atoms with E-state index in [9.17, 15) is 9.59 Å². The lowest BCUT2D eigenvalue weighted by Gasteiger charge is -2.31. The van der Waals surface area contributed by atoms with Crippen molar-refractivity contribution in [1.29, 1.82) is 0 Å². The summed E-state index contributed by atoms with van der Waals surface area (Å²) in [5.41, 5.74) is 4.34. The Morgan fingerprint density at radius 1 is 0.889 bits per heavy atom. The molecule has 2 amide bonds. The van der Waals surface area contributed by atoms with Crippen molar-refractivity contribution >= 4 is 11.8 Å². The number of carbonyl (C=O) groups excluding carboxylic acids is 2. The number of hydrogen-bond donors (Lipinski definition) is 1. The maximum atomic E-state index is 13.7. The molecule has 0 aromatic heterocycles. The number of aryl methyl sites for hydroxylation is 1. The number of benzene rings is 3. The summed E-state index contributed by atoms with van der Waals surface area (Å²) >= 11 is 0. The zero-order chi connectivity index (χ0) is 25.9. The van der Waals surface area contributed by atoms with E-state index in [1.807, 2.05) is 61.5 Å². The minimum atomic E-state index is -0.616.